The lowest BCUT2D eigenvalue weighted by Crippen LogP contribution is -2.22. The number of hydrogen-bond donors (Lipinski definition) is 1. The lowest BCUT2D eigenvalue weighted by molar-refractivity contribution is -0.173. The molecule has 0 saturated heterocycles. The summed E-state index contributed by atoms with van der Waals surface area (Å²) in [6.45, 7) is 1.20. The Morgan fingerprint density at radius 1 is 1.32 bits per heavy atom. The standard InChI is InChI=1S/C13H17F4NO/c1-10(11-4-2-5-12(14)8-11)18-6-3-7-19-9-13(15,16)17/h2,4-5,8,10,18H,3,6-7,9H2,1H3/t10-/m1/s1. The molecule has 0 saturated carbocycles. The first-order chi connectivity index (χ1) is 8.88. The van der Waals surface area contributed by atoms with Crippen molar-refractivity contribution in [1.29, 1.82) is 0 Å². The van der Waals surface area contributed by atoms with Crippen LogP contribution in [0.4, 0.5) is 17.6 Å². The van der Waals surface area contributed by atoms with Gasteiger partial charge < -0.3 is 10.1 Å². The number of alkyl halides is 3. The zero-order valence-corrected chi connectivity index (χ0v) is 10.6. The van der Waals surface area contributed by atoms with Gasteiger partial charge in [0.05, 0.1) is 0 Å². The SMILES string of the molecule is C[C@@H](NCCCOCC(F)(F)F)c1cccc(F)c1. The van der Waals surface area contributed by atoms with Gasteiger partial charge in [0.1, 0.15) is 12.4 Å². The van der Waals surface area contributed by atoms with Crippen LogP contribution in [0.15, 0.2) is 24.3 Å². The maximum absolute atomic E-state index is 13.0. The summed E-state index contributed by atoms with van der Waals surface area (Å²) in [6.07, 6.45) is -3.81. The third kappa shape index (κ3) is 7.12. The number of nitrogens with one attached hydrogen (secondary N) is 1. The molecule has 0 radical (unpaired) electrons. The molecule has 2 nitrogen and oxygen atoms in total. The topological polar surface area (TPSA) is 21.3 Å². The minimum atomic E-state index is -4.28. The Balaban J connectivity index is 2.16. The molecule has 0 heterocycles. The van der Waals surface area contributed by atoms with Gasteiger partial charge in [-0.25, -0.2) is 4.39 Å². The van der Waals surface area contributed by atoms with Crippen molar-refractivity contribution >= 4 is 0 Å². The highest BCUT2D eigenvalue weighted by atomic mass is 19.4. The van der Waals surface area contributed by atoms with E-state index in [1.165, 1.54) is 12.1 Å². The smallest absolute Gasteiger partial charge is 0.372 e. The molecule has 1 aromatic carbocycles. The molecule has 19 heavy (non-hydrogen) atoms. The van der Waals surface area contributed by atoms with E-state index in [2.05, 4.69) is 10.1 Å². The van der Waals surface area contributed by atoms with Crippen molar-refractivity contribution in [2.75, 3.05) is 19.8 Å². The summed E-state index contributed by atoms with van der Waals surface area (Å²) in [6, 6.07) is 6.15. The van der Waals surface area contributed by atoms with Crippen LogP contribution in [0.25, 0.3) is 0 Å². The maximum Gasteiger partial charge on any atom is 0.411 e. The van der Waals surface area contributed by atoms with Gasteiger partial charge in [-0.3, -0.25) is 0 Å². The summed E-state index contributed by atoms with van der Waals surface area (Å²) in [5.74, 6) is -0.306. The summed E-state index contributed by atoms with van der Waals surface area (Å²) >= 11 is 0. The van der Waals surface area contributed by atoms with Crippen molar-refractivity contribution in [3.8, 4) is 0 Å². The lowest BCUT2D eigenvalue weighted by Gasteiger charge is -2.14. The van der Waals surface area contributed by atoms with E-state index < -0.39 is 12.8 Å². The minimum Gasteiger partial charge on any atom is -0.372 e. The summed E-state index contributed by atoms with van der Waals surface area (Å²) in [5, 5.41) is 3.10. The van der Waals surface area contributed by atoms with Gasteiger partial charge in [0.2, 0.25) is 0 Å². The average Bonchev–Trinajstić information content (AvgIpc) is 2.32. The van der Waals surface area contributed by atoms with Crippen LogP contribution in [0.5, 0.6) is 0 Å². The Labute approximate surface area is 109 Å². The monoisotopic (exact) mass is 279 g/mol. The van der Waals surface area contributed by atoms with Crippen molar-refractivity contribution in [3.05, 3.63) is 35.6 Å². The van der Waals surface area contributed by atoms with E-state index in [-0.39, 0.29) is 18.5 Å². The summed E-state index contributed by atoms with van der Waals surface area (Å²) in [4.78, 5) is 0. The van der Waals surface area contributed by atoms with Gasteiger partial charge in [-0.15, -0.1) is 0 Å². The molecule has 0 aliphatic heterocycles. The molecule has 0 amide bonds. The van der Waals surface area contributed by atoms with Crippen molar-refractivity contribution in [1.82, 2.24) is 5.32 Å². The molecule has 0 unspecified atom stereocenters. The first kappa shape index (κ1) is 15.9. The van der Waals surface area contributed by atoms with Crippen molar-refractivity contribution in [3.63, 3.8) is 0 Å². The third-order valence-electron chi connectivity index (χ3n) is 2.53. The number of ether oxygens (including phenoxy) is 1. The fourth-order valence-electron chi connectivity index (χ4n) is 1.57. The molecule has 1 atom stereocenters. The van der Waals surface area contributed by atoms with E-state index >= 15 is 0 Å². The van der Waals surface area contributed by atoms with Crippen LogP contribution < -0.4 is 5.32 Å². The van der Waals surface area contributed by atoms with E-state index in [9.17, 15) is 17.6 Å². The van der Waals surface area contributed by atoms with Crippen LogP contribution in [0, 0.1) is 5.82 Å². The second-order valence-corrected chi connectivity index (χ2v) is 4.25. The first-order valence-electron chi connectivity index (χ1n) is 6.02. The molecule has 1 N–H and O–H groups in total. The average molecular weight is 279 g/mol. The molecule has 0 aliphatic rings. The zero-order valence-electron chi connectivity index (χ0n) is 10.6. The molecule has 6 heteroatoms. The van der Waals surface area contributed by atoms with E-state index in [1.807, 2.05) is 6.92 Å². The predicted octanol–water partition coefficient (Wildman–Crippen LogP) is 3.45. The van der Waals surface area contributed by atoms with Crippen molar-refractivity contribution in [2.45, 2.75) is 25.6 Å². The Hall–Kier alpha value is -1.14. The van der Waals surface area contributed by atoms with Gasteiger partial charge in [-0.05, 0) is 37.6 Å². The van der Waals surface area contributed by atoms with Crippen LogP contribution in [-0.2, 0) is 4.74 Å². The molecule has 1 aromatic rings. The van der Waals surface area contributed by atoms with Gasteiger partial charge in [0.25, 0.3) is 0 Å². The first-order valence-corrected chi connectivity index (χ1v) is 6.02. The number of rotatable bonds is 7. The van der Waals surface area contributed by atoms with Gasteiger partial charge >= 0.3 is 6.18 Å². The predicted molar refractivity (Wildman–Crippen MR) is 64.3 cm³/mol. The van der Waals surface area contributed by atoms with Gasteiger partial charge in [0, 0.05) is 12.6 Å². The van der Waals surface area contributed by atoms with Gasteiger partial charge in [-0.1, -0.05) is 12.1 Å². The molecule has 108 valence electrons. The third-order valence-corrected chi connectivity index (χ3v) is 2.53. The largest absolute Gasteiger partial charge is 0.411 e. The number of halogens is 4. The molecule has 0 aliphatic carbocycles. The van der Waals surface area contributed by atoms with Crippen LogP contribution in [-0.4, -0.2) is 25.9 Å². The normalized spacial score (nSPS) is 13.5. The van der Waals surface area contributed by atoms with Gasteiger partial charge in [0.15, 0.2) is 0 Å². The molecular formula is C13H17F4NO. The van der Waals surface area contributed by atoms with Crippen molar-refractivity contribution in [2.24, 2.45) is 0 Å². The van der Waals surface area contributed by atoms with Crippen LogP contribution in [0.3, 0.4) is 0 Å². The van der Waals surface area contributed by atoms with Crippen molar-refractivity contribution < 1.29 is 22.3 Å². The van der Waals surface area contributed by atoms with Gasteiger partial charge in [-0.2, -0.15) is 13.2 Å². The minimum absolute atomic E-state index is 0.0440. The molecular weight excluding hydrogens is 262 g/mol. The molecule has 0 spiro atoms. The molecule has 1 rings (SSSR count). The van der Waals surface area contributed by atoms with Crippen LogP contribution in [0.2, 0.25) is 0 Å². The summed E-state index contributed by atoms with van der Waals surface area (Å²) < 4.78 is 52.8. The summed E-state index contributed by atoms with van der Waals surface area (Å²) in [7, 11) is 0. The molecule has 0 bridgehead atoms. The second kappa shape index (κ2) is 7.45. The maximum atomic E-state index is 13.0. The summed E-state index contributed by atoms with van der Waals surface area (Å²) in [5.41, 5.74) is 0.802. The zero-order chi connectivity index (χ0) is 14.3. The number of hydrogen-bond acceptors (Lipinski definition) is 2. The number of benzene rings is 1. The van der Waals surface area contributed by atoms with E-state index in [0.29, 0.717) is 13.0 Å². The van der Waals surface area contributed by atoms with Crippen LogP contribution >= 0.6 is 0 Å². The molecule has 0 fully saturated rings. The Bertz CT molecular complexity index is 381. The molecule has 0 aromatic heterocycles. The Morgan fingerprint density at radius 2 is 2.05 bits per heavy atom. The van der Waals surface area contributed by atoms with E-state index in [1.54, 1.807) is 12.1 Å². The van der Waals surface area contributed by atoms with E-state index in [4.69, 9.17) is 0 Å². The second-order valence-electron chi connectivity index (χ2n) is 4.25. The highest BCUT2D eigenvalue weighted by molar-refractivity contribution is 5.19. The lowest BCUT2D eigenvalue weighted by atomic mass is 10.1. The fraction of sp³-hybridized carbons (Fsp3) is 0.538. The fourth-order valence-corrected chi connectivity index (χ4v) is 1.57. The Morgan fingerprint density at radius 3 is 2.68 bits per heavy atom. The van der Waals surface area contributed by atoms with E-state index in [0.717, 1.165) is 5.56 Å². The Kier molecular flexibility index (Phi) is 6.24. The quantitative estimate of drug-likeness (QED) is 0.610. The highest BCUT2D eigenvalue weighted by Crippen LogP contribution is 2.15. The highest BCUT2D eigenvalue weighted by Gasteiger charge is 2.27. The van der Waals surface area contributed by atoms with Crippen LogP contribution in [0.1, 0.15) is 24.9 Å².